The van der Waals surface area contributed by atoms with Crippen molar-refractivity contribution in [2.75, 3.05) is 0 Å². The fourth-order valence-electron chi connectivity index (χ4n) is 1.60. The molecule has 0 aliphatic carbocycles. The van der Waals surface area contributed by atoms with Gasteiger partial charge in [0.25, 0.3) is 0 Å². The molecule has 0 radical (unpaired) electrons. The molecule has 1 aromatic heterocycles. The fourth-order valence-corrected chi connectivity index (χ4v) is 2.21. The maximum atomic E-state index is 13.1. The second-order valence-corrected chi connectivity index (χ2v) is 5.09. The third-order valence-electron chi connectivity index (χ3n) is 2.43. The first-order valence-electron chi connectivity index (χ1n) is 5.59. The average molecular weight is 330 g/mol. The smallest absolute Gasteiger partial charge is 0.141 e. The van der Waals surface area contributed by atoms with Gasteiger partial charge in [-0.25, -0.2) is 14.4 Å². The molecule has 0 atom stereocenters. The molecular formula is C13H11BrClFN2. The second kappa shape index (κ2) is 5.76. The fraction of sp³-hybridized carbons (Fsp3) is 0.231. The number of halogens is 3. The van der Waals surface area contributed by atoms with Crippen molar-refractivity contribution >= 4 is 27.5 Å². The van der Waals surface area contributed by atoms with Gasteiger partial charge >= 0.3 is 0 Å². The summed E-state index contributed by atoms with van der Waals surface area (Å²) in [7, 11) is 0. The largest absolute Gasteiger partial charge is 0.233 e. The van der Waals surface area contributed by atoms with Crippen molar-refractivity contribution in [2.24, 2.45) is 0 Å². The van der Waals surface area contributed by atoms with E-state index in [-0.39, 0.29) is 5.02 Å². The van der Waals surface area contributed by atoms with E-state index in [1.54, 1.807) is 18.2 Å². The minimum Gasteiger partial charge on any atom is -0.233 e. The number of hydrogen-bond acceptors (Lipinski definition) is 2. The van der Waals surface area contributed by atoms with E-state index >= 15 is 0 Å². The minimum atomic E-state index is -0.428. The highest BCUT2D eigenvalue weighted by Crippen LogP contribution is 2.25. The first kappa shape index (κ1) is 13.4. The van der Waals surface area contributed by atoms with Gasteiger partial charge in [0.1, 0.15) is 16.2 Å². The van der Waals surface area contributed by atoms with Gasteiger partial charge in [-0.1, -0.05) is 18.5 Å². The lowest BCUT2D eigenvalue weighted by Crippen LogP contribution is -1.97. The van der Waals surface area contributed by atoms with Crippen molar-refractivity contribution in [1.82, 2.24) is 9.97 Å². The Balaban J connectivity index is 2.46. The summed E-state index contributed by atoms with van der Waals surface area (Å²) in [6.07, 6.45) is 1.78. The van der Waals surface area contributed by atoms with Crippen LogP contribution in [0.1, 0.15) is 19.2 Å². The topological polar surface area (TPSA) is 25.8 Å². The molecule has 18 heavy (non-hydrogen) atoms. The Hall–Kier alpha value is -1.00. The summed E-state index contributed by atoms with van der Waals surface area (Å²) >= 11 is 9.13. The summed E-state index contributed by atoms with van der Waals surface area (Å²) < 4.78 is 13.8. The van der Waals surface area contributed by atoms with Crippen LogP contribution >= 0.6 is 27.5 Å². The molecule has 0 unspecified atom stereocenters. The third kappa shape index (κ3) is 3.06. The van der Waals surface area contributed by atoms with Gasteiger partial charge in [-0.2, -0.15) is 0 Å². The van der Waals surface area contributed by atoms with E-state index in [1.165, 1.54) is 6.07 Å². The highest BCUT2D eigenvalue weighted by Gasteiger charge is 2.07. The Kier molecular flexibility index (Phi) is 4.30. The molecule has 94 valence electrons. The van der Waals surface area contributed by atoms with Gasteiger partial charge in [0.2, 0.25) is 0 Å². The predicted octanol–water partition coefficient (Wildman–Crippen LogP) is 4.65. The van der Waals surface area contributed by atoms with Gasteiger partial charge < -0.3 is 0 Å². The molecule has 0 saturated heterocycles. The van der Waals surface area contributed by atoms with Crippen molar-refractivity contribution in [1.29, 1.82) is 0 Å². The molecule has 0 bridgehead atoms. The monoisotopic (exact) mass is 328 g/mol. The first-order chi connectivity index (χ1) is 8.60. The summed E-state index contributed by atoms with van der Waals surface area (Å²) in [4.78, 5) is 8.73. The number of benzene rings is 1. The van der Waals surface area contributed by atoms with Crippen molar-refractivity contribution < 1.29 is 4.39 Å². The van der Waals surface area contributed by atoms with Gasteiger partial charge in [-0.05, 0) is 46.6 Å². The number of aromatic nitrogens is 2. The molecule has 5 heteroatoms. The molecule has 0 aliphatic heterocycles. The Morgan fingerprint density at radius 3 is 2.72 bits per heavy atom. The molecule has 0 amide bonds. The number of hydrogen-bond donors (Lipinski definition) is 0. The van der Waals surface area contributed by atoms with Gasteiger partial charge in [0, 0.05) is 12.0 Å². The van der Waals surface area contributed by atoms with Crippen LogP contribution in [-0.2, 0) is 6.42 Å². The van der Waals surface area contributed by atoms with Gasteiger partial charge in [0.05, 0.1) is 10.7 Å². The molecule has 1 heterocycles. The highest BCUT2D eigenvalue weighted by molar-refractivity contribution is 9.10. The second-order valence-electron chi connectivity index (χ2n) is 3.87. The lowest BCUT2D eigenvalue weighted by molar-refractivity contribution is 0.628. The molecule has 0 aliphatic rings. The van der Waals surface area contributed by atoms with E-state index in [0.717, 1.165) is 34.5 Å². The Bertz CT molecular complexity index is 575. The number of rotatable bonds is 3. The third-order valence-corrected chi connectivity index (χ3v) is 3.13. The average Bonchev–Trinajstić information content (AvgIpc) is 2.32. The summed E-state index contributed by atoms with van der Waals surface area (Å²) in [5, 5.41) is 0.0966. The summed E-state index contributed by atoms with van der Waals surface area (Å²) in [5.41, 5.74) is 1.52. The van der Waals surface area contributed by atoms with Gasteiger partial charge in [-0.15, -0.1) is 0 Å². The summed E-state index contributed by atoms with van der Waals surface area (Å²) in [6.45, 7) is 2.07. The van der Waals surface area contributed by atoms with Crippen molar-refractivity contribution in [3.05, 3.63) is 45.5 Å². The SMILES string of the molecule is CCCc1nc(Br)cc(-c2ccc(F)c(Cl)c2)n1. The lowest BCUT2D eigenvalue weighted by atomic mass is 10.1. The van der Waals surface area contributed by atoms with E-state index < -0.39 is 5.82 Å². The Morgan fingerprint density at radius 1 is 1.28 bits per heavy atom. The van der Waals surface area contributed by atoms with Crippen molar-refractivity contribution in [3.8, 4) is 11.3 Å². The zero-order valence-corrected chi connectivity index (χ0v) is 12.1. The van der Waals surface area contributed by atoms with Crippen LogP contribution in [0.4, 0.5) is 4.39 Å². The Morgan fingerprint density at radius 2 is 2.06 bits per heavy atom. The first-order valence-corrected chi connectivity index (χ1v) is 6.76. The quantitative estimate of drug-likeness (QED) is 0.766. The zero-order chi connectivity index (χ0) is 13.1. The summed E-state index contributed by atoms with van der Waals surface area (Å²) in [6, 6.07) is 6.36. The molecule has 1 aromatic carbocycles. The van der Waals surface area contributed by atoms with Crippen LogP contribution in [-0.4, -0.2) is 9.97 Å². The zero-order valence-electron chi connectivity index (χ0n) is 9.75. The normalized spacial score (nSPS) is 10.7. The van der Waals surface area contributed by atoms with Crippen LogP contribution in [0.5, 0.6) is 0 Å². The van der Waals surface area contributed by atoms with Crippen molar-refractivity contribution in [2.45, 2.75) is 19.8 Å². The number of aryl methyl sites for hydroxylation is 1. The van der Waals surface area contributed by atoms with E-state index in [1.807, 2.05) is 0 Å². The molecule has 0 spiro atoms. The molecule has 0 saturated carbocycles. The van der Waals surface area contributed by atoms with Crippen LogP contribution in [0.15, 0.2) is 28.9 Å². The van der Waals surface area contributed by atoms with Crippen LogP contribution in [0.3, 0.4) is 0 Å². The molecule has 2 nitrogen and oxygen atoms in total. The van der Waals surface area contributed by atoms with Crippen LogP contribution < -0.4 is 0 Å². The summed E-state index contributed by atoms with van der Waals surface area (Å²) in [5.74, 6) is 0.338. The van der Waals surface area contributed by atoms with Crippen LogP contribution in [0.25, 0.3) is 11.3 Å². The van der Waals surface area contributed by atoms with Crippen molar-refractivity contribution in [3.63, 3.8) is 0 Å². The van der Waals surface area contributed by atoms with Gasteiger partial charge in [-0.3, -0.25) is 0 Å². The molecule has 2 rings (SSSR count). The van der Waals surface area contributed by atoms with E-state index in [9.17, 15) is 4.39 Å². The number of nitrogens with zero attached hydrogens (tertiary/aromatic N) is 2. The predicted molar refractivity (Wildman–Crippen MR) is 74.1 cm³/mol. The van der Waals surface area contributed by atoms with E-state index in [2.05, 4.69) is 32.8 Å². The lowest BCUT2D eigenvalue weighted by Gasteiger charge is -2.05. The van der Waals surface area contributed by atoms with Crippen LogP contribution in [0.2, 0.25) is 5.02 Å². The minimum absolute atomic E-state index is 0.0966. The molecule has 0 N–H and O–H groups in total. The van der Waals surface area contributed by atoms with E-state index in [4.69, 9.17) is 11.6 Å². The molecule has 2 aromatic rings. The maximum absolute atomic E-state index is 13.1. The Labute approximate surface area is 118 Å². The van der Waals surface area contributed by atoms with Gasteiger partial charge in [0.15, 0.2) is 0 Å². The van der Waals surface area contributed by atoms with E-state index in [0.29, 0.717) is 0 Å². The van der Waals surface area contributed by atoms with Crippen LogP contribution in [0, 0.1) is 5.82 Å². The highest BCUT2D eigenvalue weighted by atomic mass is 79.9. The molecular weight excluding hydrogens is 319 g/mol. The maximum Gasteiger partial charge on any atom is 0.141 e. The standard InChI is InChI=1S/C13H11BrClFN2/c1-2-3-13-17-11(7-12(14)18-13)8-4-5-10(16)9(15)6-8/h4-7H,2-3H2,1H3. The molecule has 0 fully saturated rings.